The fraction of sp³-hybridized carbons (Fsp3) is 1.00. The largest absolute Gasteiger partial charge is 0.394 e. The van der Waals surface area contributed by atoms with Gasteiger partial charge >= 0.3 is 0 Å². The highest BCUT2D eigenvalue weighted by atomic mass is 16.5. The van der Waals surface area contributed by atoms with E-state index in [0.29, 0.717) is 6.10 Å². The maximum Gasteiger partial charge on any atom is 0.0700 e. The van der Waals surface area contributed by atoms with Gasteiger partial charge in [0.1, 0.15) is 0 Å². The minimum atomic E-state index is -0.120. The van der Waals surface area contributed by atoms with Crippen LogP contribution in [0.3, 0.4) is 0 Å². The average molecular weight is 258 g/mol. The smallest absolute Gasteiger partial charge is 0.0700 e. The lowest BCUT2D eigenvalue weighted by Gasteiger charge is -2.34. The summed E-state index contributed by atoms with van der Waals surface area (Å²) in [5, 5.41) is 12.8. The van der Waals surface area contributed by atoms with Crippen molar-refractivity contribution in [1.29, 1.82) is 0 Å². The molecular weight excluding hydrogens is 228 g/mol. The van der Waals surface area contributed by atoms with Gasteiger partial charge in [-0.3, -0.25) is 4.90 Å². The van der Waals surface area contributed by atoms with Crippen LogP contribution in [0.4, 0.5) is 0 Å². The normalized spacial score (nSPS) is 25.0. The molecule has 0 aromatic heterocycles. The molecule has 0 radical (unpaired) electrons. The van der Waals surface area contributed by atoms with Crippen molar-refractivity contribution in [2.24, 2.45) is 0 Å². The van der Waals surface area contributed by atoms with E-state index in [4.69, 9.17) is 4.74 Å². The van der Waals surface area contributed by atoms with E-state index < -0.39 is 0 Å². The molecule has 0 aromatic carbocycles. The van der Waals surface area contributed by atoms with Crippen molar-refractivity contribution in [2.75, 3.05) is 39.4 Å². The van der Waals surface area contributed by atoms with Gasteiger partial charge in [-0.2, -0.15) is 0 Å². The molecule has 1 aliphatic heterocycles. The lowest BCUT2D eigenvalue weighted by Crippen LogP contribution is -2.47. The second-order valence-corrected chi connectivity index (χ2v) is 5.55. The van der Waals surface area contributed by atoms with Crippen LogP contribution in [-0.4, -0.2) is 61.0 Å². The average Bonchev–Trinajstić information content (AvgIpc) is 2.39. The van der Waals surface area contributed by atoms with E-state index in [-0.39, 0.29) is 12.1 Å². The molecule has 2 atom stereocenters. The molecule has 2 unspecified atom stereocenters. The summed E-state index contributed by atoms with van der Waals surface area (Å²) in [4.78, 5) is 2.49. The number of nitrogens with zero attached hydrogens (tertiary/aromatic N) is 1. The van der Waals surface area contributed by atoms with Crippen LogP contribution in [0.25, 0.3) is 0 Å². The summed E-state index contributed by atoms with van der Waals surface area (Å²) in [6.45, 7) is 11.6. The van der Waals surface area contributed by atoms with Gasteiger partial charge in [0, 0.05) is 18.6 Å². The summed E-state index contributed by atoms with van der Waals surface area (Å²) in [7, 11) is 0. The third-order valence-corrected chi connectivity index (χ3v) is 3.83. The Kier molecular flexibility index (Phi) is 7.15. The van der Waals surface area contributed by atoms with Gasteiger partial charge in [0.15, 0.2) is 0 Å². The Bertz CT molecular complexity index is 226. The van der Waals surface area contributed by atoms with Crippen LogP contribution in [0.2, 0.25) is 0 Å². The molecule has 108 valence electrons. The lowest BCUT2D eigenvalue weighted by atomic mass is 9.96. The number of hydrogen-bond acceptors (Lipinski definition) is 4. The lowest BCUT2D eigenvalue weighted by molar-refractivity contribution is -0.0306. The van der Waals surface area contributed by atoms with Gasteiger partial charge in [-0.15, -0.1) is 0 Å². The van der Waals surface area contributed by atoms with E-state index in [2.05, 4.69) is 31.0 Å². The molecule has 2 N–H and O–H groups in total. The van der Waals surface area contributed by atoms with Crippen LogP contribution in [0, 0.1) is 0 Å². The van der Waals surface area contributed by atoms with Crippen molar-refractivity contribution in [3.8, 4) is 0 Å². The zero-order chi connectivity index (χ0) is 13.4. The molecule has 4 nitrogen and oxygen atoms in total. The van der Waals surface area contributed by atoms with E-state index in [0.717, 1.165) is 52.0 Å². The molecule has 4 heteroatoms. The highest BCUT2D eigenvalue weighted by Gasteiger charge is 2.23. The first-order chi connectivity index (χ1) is 8.63. The van der Waals surface area contributed by atoms with Gasteiger partial charge in [-0.05, 0) is 39.3 Å². The molecule has 0 saturated carbocycles. The highest BCUT2D eigenvalue weighted by molar-refractivity contribution is 4.82. The summed E-state index contributed by atoms with van der Waals surface area (Å²) in [6, 6.07) is 0. The fourth-order valence-corrected chi connectivity index (χ4v) is 2.57. The highest BCUT2D eigenvalue weighted by Crippen LogP contribution is 2.14. The quantitative estimate of drug-likeness (QED) is 0.687. The molecule has 0 spiro atoms. The van der Waals surface area contributed by atoms with Crippen molar-refractivity contribution in [3.05, 3.63) is 0 Å². The molecule has 1 rings (SSSR count). The molecule has 1 heterocycles. The Labute approximate surface area is 112 Å². The van der Waals surface area contributed by atoms with Crippen LogP contribution in [0.5, 0.6) is 0 Å². The SMILES string of the molecule is CCNC(C)(CO)CCCN1CCOC(CC)C1. The molecule has 0 amide bonds. The minimum Gasteiger partial charge on any atom is -0.394 e. The topological polar surface area (TPSA) is 44.7 Å². The van der Waals surface area contributed by atoms with Gasteiger partial charge < -0.3 is 15.2 Å². The van der Waals surface area contributed by atoms with E-state index >= 15 is 0 Å². The van der Waals surface area contributed by atoms with Crippen LogP contribution in [0.15, 0.2) is 0 Å². The van der Waals surface area contributed by atoms with E-state index in [1.165, 1.54) is 0 Å². The van der Waals surface area contributed by atoms with E-state index in [1.54, 1.807) is 0 Å². The fourth-order valence-electron chi connectivity index (χ4n) is 2.57. The molecule has 0 aliphatic carbocycles. The summed E-state index contributed by atoms with van der Waals surface area (Å²) in [5.41, 5.74) is -0.120. The summed E-state index contributed by atoms with van der Waals surface area (Å²) in [6.07, 6.45) is 3.66. The molecule has 0 aromatic rings. The van der Waals surface area contributed by atoms with Gasteiger partial charge in [0.2, 0.25) is 0 Å². The minimum absolute atomic E-state index is 0.120. The third-order valence-electron chi connectivity index (χ3n) is 3.83. The number of ether oxygens (including phenoxy) is 1. The van der Waals surface area contributed by atoms with Crippen LogP contribution in [-0.2, 0) is 4.74 Å². The molecular formula is C14H30N2O2. The number of rotatable bonds is 8. The van der Waals surface area contributed by atoms with Gasteiger partial charge in [-0.25, -0.2) is 0 Å². The monoisotopic (exact) mass is 258 g/mol. The Morgan fingerprint density at radius 1 is 1.44 bits per heavy atom. The van der Waals surface area contributed by atoms with Crippen molar-refractivity contribution >= 4 is 0 Å². The van der Waals surface area contributed by atoms with Crippen molar-refractivity contribution in [1.82, 2.24) is 10.2 Å². The zero-order valence-electron chi connectivity index (χ0n) is 12.2. The standard InChI is InChI=1S/C14H30N2O2/c1-4-13-11-16(9-10-18-13)8-6-7-14(3,12-17)15-5-2/h13,15,17H,4-12H2,1-3H3. The Morgan fingerprint density at radius 3 is 2.83 bits per heavy atom. The van der Waals surface area contributed by atoms with Crippen LogP contribution in [0.1, 0.15) is 40.0 Å². The Hall–Kier alpha value is -0.160. The molecule has 1 fully saturated rings. The second kappa shape index (κ2) is 8.10. The van der Waals surface area contributed by atoms with Crippen LogP contribution >= 0.6 is 0 Å². The van der Waals surface area contributed by atoms with Crippen molar-refractivity contribution in [3.63, 3.8) is 0 Å². The van der Waals surface area contributed by atoms with Gasteiger partial charge in [-0.1, -0.05) is 13.8 Å². The maximum absolute atomic E-state index is 9.44. The Balaban J connectivity index is 2.23. The summed E-state index contributed by atoms with van der Waals surface area (Å²) in [5.74, 6) is 0. The molecule has 1 saturated heterocycles. The first-order valence-electron chi connectivity index (χ1n) is 7.33. The maximum atomic E-state index is 9.44. The number of hydrogen-bond donors (Lipinski definition) is 2. The Morgan fingerprint density at radius 2 is 2.22 bits per heavy atom. The molecule has 1 aliphatic rings. The van der Waals surface area contributed by atoms with E-state index in [9.17, 15) is 5.11 Å². The predicted octanol–water partition coefficient (Wildman–Crippen LogP) is 1.24. The number of aliphatic hydroxyl groups excluding tert-OH is 1. The number of morpholine rings is 1. The van der Waals surface area contributed by atoms with Gasteiger partial charge in [0.05, 0.1) is 19.3 Å². The second-order valence-electron chi connectivity index (χ2n) is 5.55. The van der Waals surface area contributed by atoms with Gasteiger partial charge in [0.25, 0.3) is 0 Å². The number of likely N-dealkylation sites (N-methyl/N-ethyl adjacent to an activating group) is 1. The van der Waals surface area contributed by atoms with Crippen molar-refractivity contribution in [2.45, 2.75) is 51.7 Å². The zero-order valence-corrected chi connectivity index (χ0v) is 12.2. The first-order valence-corrected chi connectivity index (χ1v) is 7.33. The first kappa shape index (κ1) is 15.9. The number of aliphatic hydroxyl groups is 1. The number of nitrogens with one attached hydrogen (secondary N) is 1. The molecule has 18 heavy (non-hydrogen) atoms. The summed E-state index contributed by atoms with van der Waals surface area (Å²) < 4.78 is 5.67. The van der Waals surface area contributed by atoms with Crippen LogP contribution < -0.4 is 5.32 Å². The summed E-state index contributed by atoms with van der Waals surface area (Å²) >= 11 is 0. The molecule has 0 bridgehead atoms. The predicted molar refractivity (Wildman–Crippen MR) is 74.9 cm³/mol. The van der Waals surface area contributed by atoms with Crippen molar-refractivity contribution < 1.29 is 9.84 Å². The third kappa shape index (κ3) is 5.22. The van der Waals surface area contributed by atoms with E-state index in [1.807, 2.05) is 0 Å².